The summed E-state index contributed by atoms with van der Waals surface area (Å²) < 4.78 is 0. The zero-order valence-electron chi connectivity index (χ0n) is 11.8. The first-order chi connectivity index (χ1) is 9.55. The Hall–Kier alpha value is -0.269. The Morgan fingerprint density at radius 1 is 0.952 bits per heavy atom. The van der Waals surface area contributed by atoms with Crippen LogP contribution in [0.25, 0.3) is 0 Å². The molecule has 0 radical (unpaired) electrons. The number of benzene rings is 1. The van der Waals surface area contributed by atoms with Gasteiger partial charge in [0.05, 0.1) is 0 Å². The molecule has 2 N–H and O–H groups in total. The van der Waals surface area contributed by atoms with E-state index in [-0.39, 0.29) is 55.3 Å². The van der Waals surface area contributed by atoms with Gasteiger partial charge >= 0.3 is 60.8 Å². The molecule has 0 amide bonds. The first kappa shape index (κ1) is 20.7. The van der Waals surface area contributed by atoms with Gasteiger partial charge < -0.3 is 10.2 Å². The molecule has 0 spiro atoms. The third-order valence-corrected chi connectivity index (χ3v) is 3.65. The summed E-state index contributed by atoms with van der Waals surface area (Å²) in [6.07, 6.45) is 4.81. The number of carboxylic acid groups (broad SMARTS) is 2. The molecule has 0 aromatic heterocycles. The van der Waals surface area contributed by atoms with E-state index in [4.69, 9.17) is 0 Å². The number of hydrogen-bond acceptors (Lipinski definition) is 2. The summed E-state index contributed by atoms with van der Waals surface area (Å²) in [5.74, 6) is -2.57. The van der Waals surface area contributed by atoms with Crippen molar-refractivity contribution in [1.29, 1.82) is 0 Å². The summed E-state index contributed by atoms with van der Waals surface area (Å²) in [5.41, 5.74) is -1.48. The molecule has 0 fully saturated rings. The van der Waals surface area contributed by atoms with E-state index < -0.39 is 17.4 Å². The van der Waals surface area contributed by atoms with Crippen molar-refractivity contribution in [2.24, 2.45) is 0 Å². The molecule has 0 aliphatic rings. The second kappa shape index (κ2) is 10.5. The molecular formula is C16H24BaO4. The molecule has 0 bridgehead atoms. The van der Waals surface area contributed by atoms with Gasteiger partial charge in [-0.15, -0.1) is 0 Å². The number of aliphatic carboxylic acids is 2. The van der Waals surface area contributed by atoms with Crippen LogP contribution in [0, 0.1) is 0 Å². The van der Waals surface area contributed by atoms with Crippen LogP contribution in [-0.2, 0) is 15.0 Å². The molecule has 114 valence electrons. The van der Waals surface area contributed by atoms with Crippen LogP contribution in [0.2, 0.25) is 0 Å². The molecule has 0 heterocycles. The van der Waals surface area contributed by atoms with E-state index in [0.29, 0.717) is 12.0 Å². The van der Waals surface area contributed by atoms with Crippen LogP contribution in [0.3, 0.4) is 0 Å². The van der Waals surface area contributed by atoms with Gasteiger partial charge in [-0.3, -0.25) is 9.59 Å². The quantitative estimate of drug-likeness (QED) is 0.368. The minimum atomic E-state index is -1.83. The van der Waals surface area contributed by atoms with Crippen LogP contribution in [-0.4, -0.2) is 71.0 Å². The zero-order valence-corrected chi connectivity index (χ0v) is 11.8. The topological polar surface area (TPSA) is 74.6 Å². The van der Waals surface area contributed by atoms with Crippen molar-refractivity contribution in [3.05, 3.63) is 35.9 Å². The molecule has 1 aromatic carbocycles. The monoisotopic (exact) mass is 418 g/mol. The third kappa shape index (κ3) is 5.45. The molecule has 5 heteroatoms. The van der Waals surface area contributed by atoms with E-state index in [1.165, 1.54) is 0 Å². The number of carbonyl (C=O) groups is 2. The van der Waals surface area contributed by atoms with Gasteiger partial charge in [0.1, 0.15) is 0 Å². The van der Waals surface area contributed by atoms with Crippen molar-refractivity contribution in [2.75, 3.05) is 0 Å². The van der Waals surface area contributed by atoms with Crippen LogP contribution < -0.4 is 0 Å². The predicted octanol–water partition coefficient (Wildman–Crippen LogP) is 2.54. The Morgan fingerprint density at radius 3 is 1.95 bits per heavy atom. The Morgan fingerprint density at radius 2 is 1.48 bits per heavy atom. The van der Waals surface area contributed by atoms with Crippen LogP contribution in [0.15, 0.2) is 30.3 Å². The molecule has 4 nitrogen and oxygen atoms in total. The van der Waals surface area contributed by atoms with Gasteiger partial charge in [0.2, 0.25) is 0 Å². The van der Waals surface area contributed by atoms with Crippen molar-refractivity contribution in [1.82, 2.24) is 0 Å². The second-order valence-electron chi connectivity index (χ2n) is 5.05. The molecule has 1 rings (SSSR count). The number of carboxylic acids is 2. The Kier molecular flexibility index (Phi) is 10.3. The standard InChI is InChI=1S/C16H22O4.Ba.2H/c1-2-3-4-5-9-12-16(14(17)18,15(19)20)13-10-7-6-8-11-13;;;/h6-8,10-11H,2-5,9,12H2,1H3,(H,17,18)(H,19,20);;;. The SMILES string of the molecule is CCCCCCCC(C(=O)O)(C(=O)O)c1ccccc1.[BaH2]. The van der Waals surface area contributed by atoms with Crippen LogP contribution in [0.1, 0.15) is 51.0 Å². The summed E-state index contributed by atoms with van der Waals surface area (Å²) in [5, 5.41) is 18.9. The van der Waals surface area contributed by atoms with Gasteiger partial charge in [0.15, 0.2) is 5.41 Å². The molecule has 0 aliphatic carbocycles. The van der Waals surface area contributed by atoms with E-state index >= 15 is 0 Å². The zero-order chi connectivity index (χ0) is 15.0. The van der Waals surface area contributed by atoms with Gasteiger partial charge in [-0.1, -0.05) is 69.4 Å². The summed E-state index contributed by atoms with van der Waals surface area (Å²) in [4.78, 5) is 23.2. The molecule has 21 heavy (non-hydrogen) atoms. The molecule has 0 saturated carbocycles. The maximum absolute atomic E-state index is 11.6. The number of hydrogen-bond donors (Lipinski definition) is 2. The predicted molar refractivity (Wildman–Crippen MR) is 85.3 cm³/mol. The van der Waals surface area contributed by atoms with Crippen molar-refractivity contribution in [2.45, 2.75) is 50.9 Å². The minimum absolute atomic E-state index is 0. The van der Waals surface area contributed by atoms with Crippen molar-refractivity contribution < 1.29 is 19.8 Å². The fraction of sp³-hybridized carbons (Fsp3) is 0.500. The average molecular weight is 418 g/mol. The molecule has 1 aromatic rings. The van der Waals surface area contributed by atoms with Crippen molar-refractivity contribution >= 4 is 60.8 Å². The normalized spacial score (nSPS) is 10.7. The van der Waals surface area contributed by atoms with Crippen molar-refractivity contribution in [3.8, 4) is 0 Å². The average Bonchev–Trinajstić information content (AvgIpc) is 2.43. The maximum atomic E-state index is 11.6. The number of rotatable bonds is 9. The fourth-order valence-electron chi connectivity index (χ4n) is 2.41. The summed E-state index contributed by atoms with van der Waals surface area (Å²) in [6.45, 7) is 2.10. The van der Waals surface area contributed by atoms with Gasteiger partial charge in [0, 0.05) is 0 Å². The van der Waals surface area contributed by atoms with E-state index in [1.807, 2.05) is 0 Å². The second-order valence-corrected chi connectivity index (χ2v) is 5.05. The first-order valence-corrected chi connectivity index (χ1v) is 7.08. The van der Waals surface area contributed by atoms with Gasteiger partial charge in [0.25, 0.3) is 0 Å². The van der Waals surface area contributed by atoms with Crippen molar-refractivity contribution in [3.63, 3.8) is 0 Å². The van der Waals surface area contributed by atoms with Crippen LogP contribution >= 0.6 is 0 Å². The summed E-state index contributed by atoms with van der Waals surface area (Å²) >= 11 is 0. The van der Waals surface area contributed by atoms with Crippen LogP contribution in [0.4, 0.5) is 0 Å². The first-order valence-electron chi connectivity index (χ1n) is 7.08. The molecule has 0 saturated heterocycles. The van der Waals surface area contributed by atoms with Crippen LogP contribution in [0.5, 0.6) is 0 Å². The fourth-order valence-corrected chi connectivity index (χ4v) is 2.41. The summed E-state index contributed by atoms with van der Waals surface area (Å²) in [7, 11) is 0. The Labute approximate surface area is 166 Å². The molecular weight excluding hydrogens is 394 g/mol. The van der Waals surface area contributed by atoms with E-state index in [9.17, 15) is 19.8 Å². The van der Waals surface area contributed by atoms with E-state index in [1.54, 1.807) is 30.3 Å². The van der Waals surface area contributed by atoms with E-state index in [0.717, 1.165) is 25.7 Å². The Bertz CT molecular complexity index is 431. The summed E-state index contributed by atoms with van der Waals surface area (Å²) in [6, 6.07) is 8.25. The molecule has 0 aliphatic heterocycles. The van der Waals surface area contributed by atoms with E-state index in [2.05, 4.69) is 6.92 Å². The molecule has 0 atom stereocenters. The van der Waals surface area contributed by atoms with Gasteiger partial charge in [-0.05, 0) is 12.0 Å². The van der Waals surface area contributed by atoms with Gasteiger partial charge in [-0.2, -0.15) is 0 Å². The molecule has 0 unspecified atom stereocenters. The number of unbranched alkanes of at least 4 members (excludes halogenated alkanes) is 4. The van der Waals surface area contributed by atoms with Gasteiger partial charge in [-0.25, -0.2) is 0 Å². The third-order valence-electron chi connectivity index (χ3n) is 3.65. The Balaban J connectivity index is 0.00000400.